The molecule has 0 saturated heterocycles. The lowest BCUT2D eigenvalue weighted by molar-refractivity contribution is -0.144. The number of hydrogen-bond acceptors (Lipinski definition) is 4. The standard InChI is InChI=1S/C15H23ClN2O2/c1-3-7-18(11-15(19)20-4-2)10-13-6-5-12(9-17)8-14(13)16/h5-6,8H,3-4,7,9-11,17H2,1-2H3. The van der Waals surface area contributed by atoms with Crippen LogP contribution in [0.15, 0.2) is 18.2 Å². The fourth-order valence-electron chi connectivity index (χ4n) is 2.01. The number of esters is 1. The van der Waals surface area contributed by atoms with Crippen LogP contribution in [0.2, 0.25) is 5.02 Å². The van der Waals surface area contributed by atoms with Crippen LogP contribution >= 0.6 is 11.6 Å². The Hall–Kier alpha value is -1.10. The Bertz CT molecular complexity index is 438. The van der Waals surface area contributed by atoms with E-state index < -0.39 is 0 Å². The van der Waals surface area contributed by atoms with Gasteiger partial charge in [-0.05, 0) is 37.1 Å². The molecule has 4 nitrogen and oxygen atoms in total. The van der Waals surface area contributed by atoms with Gasteiger partial charge in [0.2, 0.25) is 0 Å². The van der Waals surface area contributed by atoms with Crippen LogP contribution in [0.4, 0.5) is 0 Å². The van der Waals surface area contributed by atoms with Crippen LogP contribution in [0, 0.1) is 0 Å². The molecule has 2 N–H and O–H groups in total. The van der Waals surface area contributed by atoms with Gasteiger partial charge < -0.3 is 10.5 Å². The first-order valence-electron chi connectivity index (χ1n) is 6.96. The highest BCUT2D eigenvalue weighted by Crippen LogP contribution is 2.19. The summed E-state index contributed by atoms with van der Waals surface area (Å²) in [7, 11) is 0. The van der Waals surface area contributed by atoms with E-state index in [-0.39, 0.29) is 12.5 Å². The first kappa shape index (κ1) is 17.0. The zero-order chi connectivity index (χ0) is 15.0. The number of ether oxygens (including phenoxy) is 1. The number of hydrogen-bond donors (Lipinski definition) is 1. The molecular formula is C15H23ClN2O2. The van der Waals surface area contributed by atoms with Crippen molar-refractivity contribution >= 4 is 17.6 Å². The molecule has 0 saturated carbocycles. The largest absolute Gasteiger partial charge is 0.465 e. The van der Waals surface area contributed by atoms with Crippen LogP contribution in [-0.4, -0.2) is 30.6 Å². The first-order valence-corrected chi connectivity index (χ1v) is 7.33. The molecule has 0 aliphatic rings. The average Bonchev–Trinajstić information content (AvgIpc) is 2.41. The number of rotatable bonds is 8. The van der Waals surface area contributed by atoms with Gasteiger partial charge in [0, 0.05) is 18.1 Å². The van der Waals surface area contributed by atoms with Gasteiger partial charge in [0.05, 0.1) is 13.2 Å². The maximum atomic E-state index is 11.6. The Labute approximate surface area is 125 Å². The summed E-state index contributed by atoms with van der Waals surface area (Å²) in [6.07, 6.45) is 0.970. The van der Waals surface area contributed by atoms with Crippen LogP contribution in [0.25, 0.3) is 0 Å². The van der Waals surface area contributed by atoms with E-state index >= 15 is 0 Å². The predicted octanol–water partition coefficient (Wildman–Crippen LogP) is 2.57. The van der Waals surface area contributed by atoms with E-state index in [0.29, 0.717) is 24.7 Å². The molecule has 0 amide bonds. The van der Waals surface area contributed by atoms with Crippen molar-refractivity contribution in [2.75, 3.05) is 19.7 Å². The third kappa shape index (κ3) is 5.49. The third-order valence-electron chi connectivity index (χ3n) is 2.94. The Kier molecular flexibility index (Phi) is 7.59. The minimum absolute atomic E-state index is 0.198. The lowest BCUT2D eigenvalue weighted by atomic mass is 10.1. The summed E-state index contributed by atoms with van der Waals surface area (Å²) < 4.78 is 4.99. The average molecular weight is 299 g/mol. The van der Waals surface area contributed by atoms with Crippen molar-refractivity contribution in [3.63, 3.8) is 0 Å². The quantitative estimate of drug-likeness (QED) is 0.750. The molecule has 1 rings (SSSR count). The minimum Gasteiger partial charge on any atom is -0.465 e. The van der Waals surface area contributed by atoms with Crippen molar-refractivity contribution < 1.29 is 9.53 Å². The van der Waals surface area contributed by atoms with Gasteiger partial charge in [-0.3, -0.25) is 9.69 Å². The Balaban J connectivity index is 2.71. The fourth-order valence-corrected chi connectivity index (χ4v) is 2.27. The zero-order valence-electron chi connectivity index (χ0n) is 12.2. The summed E-state index contributed by atoms with van der Waals surface area (Å²) in [5.74, 6) is -0.198. The maximum absolute atomic E-state index is 11.6. The summed E-state index contributed by atoms with van der Waals surface area (Å²) in [6, 6.07) is 5.82. The number of nitrogens with zero attached hydrogens (tertiary/aromatic N) is 1. The number of nitrogens with two attached hydrogens (primary N) is 1. The molecule has 0 radical (unpaired) electrons. The van der Waals surface area contributed by atoms with E-state index in [4.69, 9.17) is 22.1 Å². The highest BCUT2D eigenvalue weighted by molar-refractivity contribution is 6.31. The van der Waals surface area contributed by atoms with E-state index in [1.807, 2.05) is 30.0 Å². The van der Waals surface area contributed by atoms with Gasteiger partial charge in [-0.1, -0.05) is 30.7 Å². The van der Waals surface area contributed by atoms with Crippen molar-refractivity contribution in [3.05, 3.63) is 34.3 Å². The SMILES string of the molecule is CCCN(CC(=O)OCC)Cc1ccc(CN)cc1Cl. The smallest absolute Gasteiger partial charge is 0.320 e. The second-order valence-corrected chi connectivity index (χ2v) is 5.05. The Morgan fingerprint density at radius 1 is 1.40 bits per heavy atom. The lowest BCUT2D eigenvalue weighted by Crippen LogP contribution is -2.31. The summed E-state index contributed by atoms with van der Waals surface area (Å²) in [5, 5.41) is 0.693. The predicted molar refractivity (Wildman–Crippen MR) is 81.5 cm³/mol. The molecular weight excluding hydrogens is 276 g/mol. The molecule has 0 atom stereocenters. The maximum Gasteiger partial charge on any atom is 0.320 e. The van der Waals surface area contributed by atoms with Crippen molar-refractivity contribution in [1.82, 2.24) is 4.90 Å². The molecule has 0 heterocycles. The summed E-state index contributed by atoms with van der Waals surface area (Å²) >= 11 is 6.25. The summed E-state index contributed by atoms with van der Waals surface area (Å²) in [5.41, 5.74) is 7.59. The van der Waals surface area contributed by atoms with Crippen LogP contribution in [0.5, 0.6) is 0 Å². The van der Waals surface area contributed by atoms with E-state index in [1.54, 1.807) is 0 Å². The normalized spacial score (nSPS) is 10.8. The number of carbonyl (C=O) groups excluding carboxylic acids is 1. The number of halogens is 1. The van der Waals surface area contributed by atoms with Crippen molar-refractivity contribution in [2.45, 2.75) is 33.4 Å². The summed E-state index contributed by atoms with van der Waals surface area (Å²) in [6.45, 7) is 6.52. The van der Waals surface area contributed by atoms with Gasteiger partial charge in [-0.2, -0.15) is 0 Å². The molecule has 0 unspecified atom stereocenters. The van der Waals surface area contributed by atoms with E-state index in [1.165, 1.54) is 0 Å². The summed E-state index contributed by atoms with van der Waals surface area (Å²) in [4.78, 5) is 13.6. The van der Waals surface area contributed by atoms with Crippen LogP contribution < -0.4 is 5.73 Å². The lowest BCUT2D eigenvalue weighted by Gasteiger charge is -2.21. The molecule has 0 aliphatic heterocycles. The van der Waals surface area contributed by atoms with Crippen molar-refractivity contribution in [3.8, 4) is 0 Å². The van der Waals surface area contributed by atoms with E-state index in [9.17, 15) is 4.79 Å². The van der Waals surface area contributed by atoms with E-state index in [2.05, 4.69) is 6.92 Å². The highest BCUT2D eigenvalue weighted by atomic mass is 35.5. The molecule has 1 aromatic carbocycles. The first-order chi connectivity index (χ1) is 9.60. The topological polar surface area (TPSA) is 55.6 Å². The van der Waals surface area contributed by atoms with Crippen molar-refractivity contribution in [2.24, 2.45) is 5.73 Å². The van der Waals surface area contributed by atoms with E-state index in [0.717, 1.165) is 24.1 Å². The molecule has 0 fully saturated rings. The number of carbonyl (C=O) groups is 1. The van der Waals surface area contributed by atoms with Crippen LogP contribution in [0.3, 0.4) is 0 Å². The fraction of sp³-hybridized carbons (Fsp3) is 0.533. The molecule has 1 aromatic rings. The highest BCUT2D eigenvalue weighted by Gasteiger charge is 2.13. The van der Waals surface area contributed by atoms with Crippen LogP contribution in [-0.2, 0) is 22.6 Å². The molecule has 20 heavy (non-hydrogen) atoms. The molecule has 0 spiro atoms. The molecule has 5 heteroatoms. The second kappa shape index (κ2) is 8.95. The van der Waals surface area contributed by atoms with Crippen molar-refractivity contribution in [1.29, 1.82) is 0 Å². The molecule has 0 aromatic heterocycles. The Morgan fingerprint density at radius 3 is 2.70 bits per heavy atom. The zero-order valence-corrected chi connectivity index (χ0v) is 12.9. The van der Waals surface area contributed by atoms with Gasteiger partial charge >= 0.3 is 5.97 Å². The molecule has 112 valence electrons. The Morgan fingerprint density at radius 2 is 2.15 bits per heavy atom. The minimum atomic E-state index is -0.198. The van der Waals surface area contributed by atoms with Gasteiger partial charge in [0.25, 0.3) is 0 Å². The van der Waals surface area contributed by atoms with Crippen LogP contribution in [0.1, 0.15) is 31.4 Å². The molecule has 0 bridgehead atoms. The third-order valence-corrected chi connectivity index (χ3v) is 3.30. The van der Waals surface area contributed by atoms with Gasteiger partial charge in [-0.15, -0.1) is 0 Å². The van der Waals surface area contributed by atoms with Gasteiger partial charge in [0.15, 0.2) is 0 Å². The monoisotopic (exact) mass is 298 g/mol. The van der Waals surface area contributed by atoms with Gasteiger partial charge in [0.1, 0.15) is 0 Å². The molecule has 0 aliphatic carbocycles. The van der Waals surface area contributed by atoms with Gasteiger partial charge in [-0.25, -0.2) is 0 Å². The number of benzene rings is 1. The second-order valence-electron chi connectivity index (χ2n) is 4.65.